The fourth-order valence-corrected chi connectivity index (χ4v) is 4.48. The molecule has 0 radical (unpaired) electrons. The maximum absolute atomic E-state index is 13.1. The molecule has 0 unspecified atom stereocenters. The number of aryl methyl sites for hydroxylation is 1. The molecule has 4 rings (SSSR count). The van der Waals surface area contributed by atoms with Gasteiger partial charge in [0.25, 0.3) is 5.91 Å². The number of hydrogen-bond acceptors (Lipinski definition) is 5. The van der Waals surface area contributed by atoms with Gasteiger partial charge >= 0.3 is 0 Å². The van der Waals surface area contributed by atoms with E-state index >= 15 is 0 Å². The number of carbonyl (C=O) groups is 1. The van der Waals surface area contributed by atoms with Gasteiger partial charge in [0.05, 0.1) is 30.5 Å². The summed E-state index contributed by atoms with van der Waals surface area (Å²) in [7, 11) is 0. The summed E-state index contributed by atoms with van der Waals surface area (Å²) in [5.41, 5.74) is 1.87. The van der Waals surface area contributed by atoms with E-state index in [-0.39, 0.29) is 10.6 Å². The minimum Gasteiger partial charge on any atom is -0.298 e. The van der Waals surface area contributed by atoms with Crippen molar-refractivity contribution in [3.63, 3.8) is 0 Å². The molecule has 0 spiro atoms. The number of thiazole rings is 2. The van der Waals surface area contributed by atoms with Crippen molar-refractivity contribution >= 4 is 65.7 Å². The van der Waals surface area contributed by atoms with Gasteiger partial charge in [0, 0.05) is 0 Å². The van der Waals surface area contributed by atoms with Crippen molar-refractivity contribution in [2.24, 2.45) is 0 Å². The molecule has 0 fully saturated rings. The number of nitrogens with zero attached hydrogens (tertiary/aromatic N) is 2. The third-order valence-corrected chi connectivity index (χ3v) is 5.66. The summed E-state index contributed by atoms with van der Waals surface area (Å²) in [4.78, 5) is 21.3. The maximum atomic E-state index is 13.1. The van der Waals surface area contributed by atoms with E-state index in [2.05, 4.69) is 15.3 Å². The molecule has 2 aromatic heterocycles. The van der Waals surface area contributed by atoms with Crippen LogP contribution in [0.5, 0.6) is 0 Å². The van der Waals surface area contributed by atoms with Crippen LogP contribution >= 0.6 is 34.3 Å². The van der Waals surface area contributed by atoms with Crippen LogP contribution in [0.25, 0.3) is 20.4 Å². The Balaban J connectivity index is 1.71. The third kappa shape index (κ3) is 2.64. The molecule has 0 aliphatic carbocycles. The van der Waals surface area contributed by atoms with Crippen molar-refractivity contribution in [2.75, 3.05) is 5.32 Å². The Kier molecular flexibility index (Phi) is 3.71. The van der Waals surface area contributed by atoms with Gasteiger partial charge in [-0.1, -0.05) is 22.9 Å². The van der Waals surface area contributed by atoms with Gasteiger partial charge in [0.15, 0.2) is 5.13 Å². The zero-order valence-corrected chi connectivity index (χ0v) is 14.7. The van der Waals surface area contributed by atoms with Crippen LogP contribution in [0.4, 0.5) is 9.52 Å². The van der Waals surface area contributed by atoms with Crippen LogP contribution in [0.2, 0.25) is 5.02 Å². The Morgan fingerprint density at radius 3 is 2.83 bits per heavy atom. The van der Waals surface area contributed by atoms with Crippen LogP contribution < -0.4 is 5.32 Å². The van der Waals surface area contributed by atoms with Gasteiger partial charge in [0.2, 0.25) is 0 Å². The Morgan fingerprint density at radius 2 is 2.04 bits per heavy atom. The first kappa shape index (κ1) is 15.4. The maximum Gasteiger partial charge on any atom is 0.258 e. The van der Waals surface area contributed by atoms with Crippen molar-refractivity contribution in [1.82, 2.24) is 9.97 Å². The highest BCUT2D eigenvalue weighted by molar-refractivity contribution is 7.24. The molecule has 0 saturated carbocycles. The first-order chi connectivity index (χ1) is 11.5. The molecule has 4 aromatic rings. The van der Waals surface area contributed by atoms with Crippen molar-refractivity contribution in [2.45, 2.75) is 6.92 Å². The lowest BCUT2D eigenvalue weighted by Crippen LogP contribution is -2.12. The minimum absolute atomic E-state index is 0.0612. The number of aromatic nitrogens is 2. The molecule has 24 heavy (non-hydrogen) atoms. The molecule has 120 valence electrons. The third-order valence-electron chi connectivity index (χ3n) is 3.42. The van der Waals surface area contributed by atoms with E-state index in [4.69, 9.17) is 11.6 Å². The summed E-state index contributed by atoms with van der Waals surface area (Å²) in [6, 6.07) is 7.54. The molecule has 0 bridgehead atoms. The van der Waals surface area contributed by atoms with E-state index in [1.165, 1.54) is 23.5 Å². The summed E-state index contributed by atoms with van der Waals surface area (Å²) in [5, 5.41) is 4.21. The molecular formula is C16H9ClFN3OS2. The molecule has 0 atom stereocenters. The zero-order chi connectivity index (χ0) is 16.8. The van der Waals surface area contributed by atoms with Gasteiger partial charge in [-0.3, -0.25) is 10.1 Å². The lowest BCUT2D eigenvalue weighted by atomic mass is 10.2. The van der Waals surface area contributed by atoms with Crippen LogP contribution in [0.1, 0.15) is 15.4 Å². The summed E-state index contributed by atoms with van der Waals surface area (Å²) in [5.74, 6) is -0.914. The predicted octanol–water partition coefficient (Wildman–Crippen LogP) is 5.26. The van der Waals surface area contributed by atoms with Crippen molar-refractivity contribution in [3.8, 4) is 0 Å². The van der Waals surface area contributed by atoms with Crippen LogP contribution in [0, 0.1) is 12.7 Å². The molecular weight excluding hydrogens is 369 g/mol. The van der Waals surface area contributed by atoms with E-state index in [1.54, 1.807) is 11.3 Å². The highest BCUT2D eigenvalue weighted by atomic mass is 35.5. The van der Waals surface area contributed by atoms with Crippen LogP contribution in [-0.4, -0.2) is 15.9 Å². The fourth-order valence-electron chi connectivity index (χ4n) is 2.38. The number of halogens is 2. The van der Waals surface area contributed by atoms with Gasteiger partial charge in [-0.05, 0) is 37.3 Å². The van der Waals surface area contributed by atoms with Crippen LogP contribution in [0.15, 0.2) is 30.3 Å². The number of nitrogens with one attached hydrogen (secondary N) is 1. The highest BCUT2D eigenvalue weighted by Crippen LogP contribution is 2.35. The van der Waals surface area contributed by atoms with Gasteiger partial charge in [-0.15, -0.1) is 11.3 Å². The molecule has 8 heteroatoms. The van der Waals surface area contributed by atoms with Crippen LogP contribution in [0.3, 0.4) is 0 Å². The molecule has 0 aliphatic heterocycles. The molecule has 2 heterocycles. The Labute approximate surface area is 148 Å². The highest BCUT2D eigenvalue weighted by Gasteiger charge is 2.15. The predicted molar refractivity (Wildman–Crippen MR) is 96.9 cm³/mol. The van der Waals surface area contributed by atoms with E-state index in [0.717, 1.165) is 31.5 Å². The van der Waals surface area contributed by atoms with Gasteiger partial charge in [-0.25, -0.2) is 14.4 Å². The number of amides is 1. The Hall–Kier alpha value is -2.09. The fraction of sp³-hybridized carbons (Fsp3) is 0.0625. The average molecular weight is 378 g/mol. The standard InChI is InChI=1S/C16H9ClFN3OS2/c1-7-19-13-12(23-7)5-4-11-14(13)24-16(20-11)21-15(22)9-3-2-8(18)6-10(9)17/h2-6H,1H3,(H,20,21,22). The van der Waals surface area contributed by atoms with E-state index in [9.17, 15) is 9.18 Å². The largest absolute Gasteiger partial charge is 0.298 e. The van der Waals surface area contributed by atoms with Gasteiger partial charge in [-0.2, -0.15) is 0 Å². The van der Waals surface area contributed by atoms with E-state index < -0.39 is 11.7 Å². The lowest BCUT2D eigenvalue weighted by molar-refractivity contribution is 0.102. The number of carbonyl (C=O) groups excluding carboxylic acids is 1. The average Bonchev–Trinajstić information content (AvgIpc) is 3.08. The van der Waals surface area contributed by atoms with Crippen LogP contribution in [-0.2, 0) is 0 Å². The topological polar surface area (TPSA) is 54.9 Å². The summed E-state index contributed by atoms with van der Waals surface area (Å²) < 4.78 is 15.1. The minimum atomic E-state index is -0.488. The molecule has 1 amide bonds. The number of fused-ring (bicyclic) bond motifs is 3. The normalized spacial score (nSPS) is 11.3. The molecule has 4 nitrogen and oxygen atoms in total. The quantitative estimate of drug-likeness (QED) is 0.518. The number of anilines is 1. The summed E-state index contributed by atoms with van der Waals surface area (Å²) in [6.07, 6.45) is 0. The molecule has 0 saturated heterocycles. The van der Waals surface area contributed by atoms with E-state index in [0.29, 0.717) is 5.13 Å². The smallest absolute Gasteiger partial charge is 0.258 e. The monoisotopic (exact) mass is 377 g/mol. The second-order valence-electron chi connectivity index (χ2n) is 5.09. The number of rotatable bonds is 2. The summed E-state index contributed by atoms with van der Waals surface area (Å²) >= 11 is 8.90. The Bertz CT molecular complexity index is 1110. The van der Waals surface area contributed by atoms with Gasteiger partial charge < -0.3 is 0 Å². The zero-order valence-electron chi connectivity index (χ0n) is 12.3. The van der Waals surface area contributed by atoms with Crippen molar-refractivity contribution in [3.05, 3.63) is 51.7 Å². The SMILES string of the molecule is Cc1nc2c(ccc3nc(NC(=O)c4ccc(F)cc4Cl)sc32)s1. The molecule has 2 aromatic carbocycles. The number of benzene rings is 2. The van der Waals surface area contributed by atoms with Gasteiger partial charge in [0.1, 0.15) is 11.3 Å². The molecule has 1 N–H and O–H groups in total. The van der Waals surface area contributed by atoms with E-state index in [1.807, 2.05) is 19.1 Å². The lowest BCUT2D eigenvalue weighted by Gasteiger charge is -2.03. The summed E-state index contributed by atoms with van der Waals surface area (Å²) in [6.45, 7) is 1.96. The second kappa shape index (κ2) is 5.77. The Morgan fingerprint density at radius 1 is 1.21 bits per heavy atom. The number of hydrogen-bond donors (Lipinski definition) is 1. The molecule has 0 aliphatic rings. The first-order valence-electron chi connectivity index (χ1n) is 6.94. The second-order valence-corrected chi connectivity index (χ2v) is 7.73. The van der Waals surface area contributed by atoms with Crippen molar-refractivity contribution < 1.29 is 9.18 Å². The van der Waals surface area contributed by atoms with Crippen molar-refractivity contribution in [1.29, 1.82) is 0 Å². The first-order valence-corrected chi connectivity index (χ1v) is 8.95.